The number of rotatable bonds is 4. The summed E-state index contributed by atoms with van der Waals surface area (Å²) in [6, 6.07) is 5.52. The minimum Gasteiger partial charge on any atom is -0.546 e. The molecule has 1 rings (SSSR count). The van der Waals surface area contributed by atoms with E-state index in [0.29, 0.717) is 12.2 Å². The van der Waals surface area contributed by atoms with Crippen LogP contribution in [0.25, 0.3) is 0 Å². The van der Waals surface area contributed by atoms with Crippen LogP contribution in [0, 0.1) is 13.8 Å². The standard InChI is InChI=1S/C12H16O3/c1-4-11(12(13)14)15-10-6-5-8(2)9(3)7-10/h5-7,11H,4H2,1-3H3,(H,13,14)/p-1. The van der Waals surface area contributed by atoms with Gasteiger partial charge >= 0.3 is 0 Å². The van der Waals surface area contributed by atoms with E-state index in [0.717, 1.165) is 11.1 Å². The van der Waals surface area contributed by atoms with Crippen LogP contribution >= 0.6 is 0 Å². The van der Waals surface area contributed by atoms with Crippen LogP contribution in [0.3, 0.4) is 0 Å². The first kappa shape index (κ1) is 11.6. The summed E-state index contributed by atoms with van der Waals surface area (Å²) in [4.78, 5) is 10.7. The van der Waals surface area contributed by atoms with Gasteiger partial charge in [0.15, 0.2) is 0 Å². The number of benzene rings is 1. The van der Waals surface area contributed by atoms with Crippen LogP contribution in [0.5, 0.6) is 5.75 Å². The zero-order valence-corrected chi connectivity index (χ0v) is 9.24. The van der Waals surface area contributed by atoms with Crippen molar-refractivity contribution in [3.8, 4) is 5.75 Å². The van der Waals surface area contributed by atoms with Crippen molar-refractivity contribution in [2.24, 2.45) is 0 Å². The van der Waals surface area contributed by atoms with Gasteiger partial charge in [-0.25, -0.2) is 0 Å². The molecule has 0 saturated heterocycles. The Hall–Kier alpha value is -1.51. The van der Waals surface area contributed by atoms with Gasteiger partial charge in [0.1, 0.15) is 11.9 Å². The van der Waals surface area contributed by atoms with Gasteiger partial charge in [0.25, 0.3) is 0 Å². The number of aliphatic carboxylic acids is 1. The molecular weight excluding hydrogens is 192 g/mol. The van der Waals surface area contributed by atoms with E-state index in [2.05, 4.69) is 0 Å². The minimum absolute atomic E-state index is 0.398. The Morgan fingerprint density at radius 1 is 1.40 bits per heavy atom. The Morgan fingerprint density at radius 2 is 2.07 bits per heavy atom. The first-order valence-corrected chi connectivity index (χ1v) is 4.99. The largest absolute Gasteiger partial charge is 0.546 e. The third kappa shape index (κ3) is 2.98. The van der Waals surface area contributed by atoms with Crippen molar-refractivity contribution in [2.45, 2.75) is 33.3 Å². The monoisotopic (exact) mass is 207 g/mol. The lowest BCUT2D eigenvalue weighted by atomic mass is 10.1. The highest BCUT2D eigenvalue weighted by Gasteiger charge is 2.09. The summed E-state index contributed by atoms with van der Waals surface area (Å²) in [7, 11) is 0. The highest BCUT2D eigenvalue weighted by Crippen LogP contribution is 2.18. The lowest BCUT2D eigenvalue weighted by molar-refractivity contribution is -0.313. The molecule has 0 spiro atoms. The molecule has 0 aliphatic rings. The van der Waals surface area contributed by atoms with E-state index in [4.69, 9.17) is 4.74 Å². The Kier molecular flexibility index (Phi) is 3.72. The second-order valence-electron chi connectivity index (χ2n) is 3.58. The molecule has 0 N–H and O–H groups in total. The number of carbonyl (C=O) groups excluding carboxylic acids is 1. The number of aryl methyl sites for hydroxylation is 2. The normalized spacial score (nSPS) is 12.2. The van der Waals surface area contributed by atoms with Crippen LogP contribution in [0.15, 0.2) is 18.2 Å². The highest BCUT2D eigenvalue weighted by molar-refractivity contribution is 5.70. The molecule has 0 aliphatic carbocycles. The van der Waals surface area contributed by atoms with Gasteiger partial charge in [-0.1, -0.05) is 13.0 Å². The number of carboxylic acids is 1. The quantitative estimate of drug-likeness (QED) is 0.745. The average Bonchev–Trinajstić information content (AvgIpc) is 2.19. The van der Waals surface area contributed by atoms with Gasteiger partial charge in [0.2, 0.25) is 0 Å². The molecule has 1 unspecified atom stereocenters. The van der Waals surface area contributed by atoms with Crippen LogP contribution in [-0.4, -0.2) is 12.1 Å². The Morgan fingerprint density at radius 3 is 2.53 bits per heavy atom. The second-order valence-corrected chi connectivity index (χ2v) is 3.58. The molecule has 0 radical (unpaired) electrons. The number of carboxylic acid groups (broad SMARTS) is 1. The zero-order valence-electron chi connectivity index (χ0n) is 9.24. The maximum Gasteiger partial charge on any atom is 0.138 e. The molecule has 0 aromatic heterocycles. The molecule has 0 saturated carbocycles. The van der Waals surface area contributed by atoms with Crippen molar-refractivity contribution in [3.63, 3.8) is 0 Å². The summed E-state index contributed by atoms with van der Waals surface area (Å²) in [6.45, 7) is 5.71. The first-order valence-electron chi connectivity index (χ1n) is 4.99. The van der Waals surface area contributed by atoms with Gasteiger partial charge in [-0.2, -0.15) is 0 Å². The molecule has 1 aromatic carbocycles. The van der Waals surface area contributed by atoms with E-state index >= 15 is 0 Å². The Balaban J connectivity index is 2.80. The summed E-state index contributed by atoms with van der Waals surface area (Å²) in [5, 5.41) is 10.7. The summed E-state index contributed by atoms with van der Waals surface area (Å²) in [6.07, 6.45) is -0.470. The molecule has 0 amide bonds. The van der Waals surface area contributed by atoms with Crippen LogP contribution in [0.4, 0.5) is 0 Å². The lowest BCUT2D eigenvalue weighted by Crippen LogP contribution is -2.39. The fourth-order valence-corrected chi connectivity index (χ4v) is 1.25. The average molecular weight is 207 g/mol. The van der Waals surface area contributed by atoms with Crippen molar-refractivity contribution < 1.29 is 14.6 Å². The number of ether oxygens (including phenoxy) is 1. The number of hydrogen-bond acceptors (Lipinski definition) is 3. The predicted molar refractivity (Wildman–Crippen MR) is 55.6 cm³/mol. The molecule has 82 valence electrons. The fraction of sp³-hybridized carbons (Fsp3) is 0.417. The number of hydrogen-bond donors (Lipinski definition) is 0. The Bertz CT molecular complexity index is 358. The molecule has 0 bridgehead atoms. The van der Waals surface area contributed by atoms with Crippen molar-refractivity contribution in [2.75, 3.05) is 0 Å². The second kappa shape index (κ2) is 4.82. The molecular formula is C12H15O3-. The van der Waals surface area contributed by atoms with E-state index < -0.39 is 12.1 Å². The zero-order chi connectivity index (χ0) is 11.4. The maximum atomic E-state index is 10.7. The van der Waals surface area contributed by atoms with Crippen molar-refractivity contribution in [3.05, 3.63) is 29.3 Å². The van der Waals surface area contributed by atoms with Gasteiger partial charge in [-0.3, -0.25) is 0 Å². The predicted octanol–water partition coefficient (Wildman–Crippen LogP) is 1.21. The van der Waals surface area contributed by atoms with Crippen LogP contribution in [-0.2, 0) is 4.79 Å². The van der Waals surface area contributed by atoms with E-state index in [1.807, 2.05) is 26.0 Å². The summed E-state index contributed by atoms with van der Waals surface area (Å²) < 4.78 is 5.30. The third-order valence-corrected chi connectivity index (χ3v) is 2.39. The SMILES string of the molecule is CCC(Oc1ccc(C)c(C)c1)C(=O)[O-]. The Labute approximate surface area is 89.7 Å². The molecule has 15 heavy (non-hydrogen) atoms. The third-order valence-electron chi connectivity index (χ3n) is 2.39. The smallest absolute Gasteiger partial charge is 0.138 e. The van der Waals surface area contributed by atoms with Gasteiger partial charge in [0.05, 0.1) is 5.97 Å². The molecule has 1 atom stereocenters. The van der Waals surface area contributed by atoms with Gasteiger partial charge in [-0.15, -0.1) is 0 Å². The van der Waals surface area contributed by atoms with Crippen LogP contribution in [0.1, 0.15) is 24.5 Å². The van der Waals surface area contributed by atoms with E-state index in [1.165, 1.54) is 0 Å². The van der Waals surface area contributed by atoms with Crippen LogP contribution < -0.4 is 9.84 Å². The minimum atomic E-state index is -1.17. The molecule has 0 fully saturated rings. The van der Waals surface area contributed by atoms with Gasteiger partial charge < -0.3 is 14.6 Å². The highest BCUT2D eigenvalue weighted by atomic mass is 16.5. The van der Waals surface area contributed by atoms with Gasteiger partial charge in [0, 0.05) is 0 Å². The summed E-state index contributed by atoms with van der Waals surface area (Å²) in [5.41, 5.74) is 2.24. The van der Waals surface area contributed by atoms with Crippen molar-refractivity contribution in [1.29, 1.82) is 0 Å². The molecule has 0 aliphatic heterocycles. The maximum absolute atomic E-state index is 10.7. The first-order chi connectivity index (χ1) is 7.04. The molecule has 3 nitrogen and oxygen atoms in total. The topological polar surface area (TPSA) is 49.4 Å². The van der Waals surface area contributed by atoms with Gasteiger partial charge in [-0.05, 0) is 43.5 Å². The number of carbonyl (C=O) groups is 1. The summed E-state index contributed by atoms with van der Waals surface area (Å²) >= 11 is 0. The summed E-state index contributed by atoms with van der Waals surface area (Å²) in [5.74, 6) is -0.593. The van der Waals surface area contributed by atoms with E-state index in [1.54, 1.807) is 13.0 Å². The van der Waals surface area contributed by atoms with E-state index in [9.17, 15) is 9.90 Å². The van der Waals surface area contributed by atoms with E-state index in [-0.39, 0.29) is 0 Å². The van der Waals surface area contributed by atoms with Crippen molar-refractivity contribution >= 4 is 5.97 Å². The molecule has 0 heterocycles. The van der Waals surface area contributed by atoms with Crippen molar-refractivity contribution in [1.82, 2.24) is 0 Å². The fourth-order valence-electron chi connectivity index (χ4n) is 1.25. The van der Waals surface area contributed by atoms with Crippen LogP contribution in [0.2, 0.25) is 0 Å². The lowest BCUT2D eigenvalue weighted by Gasteiger charge is -2.18. The molecule has 3 heteroatoms. The molecule has 1 aromatic rings.